The number of fused-ring (bicyclic) bond motifs is 1. The van der Waals surface area contributed by atoms with Crippen molar-refractivity contribution in [3.63, 3.8) is 0 Å². The molecule has 0 saturated heterocycles. The van der Waals surface area contributed by atoms with Crippen molar-refractivity contribution in [2.75, 3.05) is 25.4 Å². The van der Waals surface area contributed by atoms with Crippen molar-refractivity contribution in [2.45, 2.75) is 6.92 Å². The lowest BCUT2D eigenvalue weighted by molar-refractivity contribution is 0.327. The van der Waals surface area contributed by atoms with E-state index >= 15 is 0 Å². The Balaban J connectivity index is 1.86. The Morgan fingerprint density at radius 3 is 3.05 bits per heavy atom. The molecule has 0 radical (unpaired) electrons. The van der Waals surface area contributed by atoms with E-state index in [4.69, 9.17) is 4.74 Å². The van der Waals surface area contributed by atoms with Gasteiger partial charge in [-0.05, 0) is 19.1 Å². The summed E-state index contributed by atoms with van der Waals surface area (Å²) >= 11 is 0. The highest BCUT2D eigenvalue weighted by Crippen LogP contribution is 2.26. The molecule has 21 heavy (non-hydrogen) atoms. The predicted molar refractivity (Wildman–Crippen MR) is 81.7 cm³/mol. The molecule has 1 atom stereocenters. The molecule has 0 amide bonds. The lowest BCUT2D eigenvalue weighted by Crippen LogP contribution is -2.40. The topological polar surface area (TPSA) is 71.3 Å². The molecule has 0 fully saturated rings. The third-order valence-electron chi connectivity index (χ3n) is 3.49. The van der Waals surface area contributed by atoms with E-state index in [1.807, 2.05) is 42.3 Å². The largest absolute Gasteiger partial charge is 0.478 e. The number of dihydropyridines is 1. The van der Waals surface area contributed by atoms with Crippen LogP contribution in [-0.2, 0) is 14.8 Å². The highest BCUT2D eigenvalue weighted by atomic mass is 32.2. The van der Waals surface area contributed by atoms with Crippen molar-refractivity contribution in [1.82, 2.24) is 4.90 Å². The number of nitrogens with zero attached hydrogens (tertiary/aromatic N) is 3. The summed E-state index contributed by atoms with van der Waals surface area (Å²) in [6.07, 6.45) is 9.51. The average Bonchev–Trinajstić information content (AvgIpc) is 2.47. The summed E-state index contributed by atoms with van der Waals surface area (Å²) in [5.74, 6) is 1.22. The molecule has 0 N–H and O–H groups in total. The van der Waals surface area contributed by atoms with Gasteiger partial charge < -0.3 is 9.64 Å². The Morgan fingerprint density at radius 1 is 1.48 bits per heavy atom. The first-order valence-electron chi connectivity index (χ1n) is 6.92. The minimum absolute atomic E-state index is 0.0220. The summed E-state index contributed by atoms with van der Waals surface area (Å²) in [5.41, 5.74) is 0.885. The summed E-state index contributed by atoms with van der Waals surface area (Å²) in [7, 11) is -3.36. The van der Waals surface area contributed by atoms with Gasteiger partial charge in [0.15, 0.2) is 0 Å². The van der Waals surface area contributed by atoms with E-state index in [2.05, 4.69) is 9.39 Å². The van der Waals surface area contributed by atoms with Crippen LogP contribution in [0.2, 0.25) is 0 Å². The molecule has 112 valence electrons. The van der Waals surface area contributed by atoms with Gasteiger partial charge in [-0.1, -0.05) is 12.2 Å². The minimum Gasteiger partial charge on any atom is -0.478 e. The minimum atomic E-state index is -3.36. The molecule has 0 aromatic rings. The Morgan fingerprint density at radius 2 is 2.33 bits per heavy atom. The van der Waals surface area contributed by atoms with E-state index in [1.54, 1.807) is 0 Å². The third kappa shape index (κ3) is 2.92. The lowest BCUT2D eigenvalue weighted by atomic mass is 9.94. The Bertz CT molecular complexity index is 686. The molecule has 3 rings (SSSR count). The molecule has 0 bridgehead atoms. The number of sulfonamides is 1. The van der Waals surface area contributed by atoms with Gasteiger partial charge in [0.2, 0.25) is 5.90 Å². The maximum atomic E-state index is 11.7. The molecular weight excluding hydrogens is 290 g/mol. The lowest BCUT2D eigenvalue weighted by Gasteiger charge is -2.31. The number of hydrogen-bond donors (Lipinski definition) is 0. The van der Waals surface area contributed by atoms with Gasteiger partial charge in [0.25, 0.3) is 10.0 Å². The number of allylic oxidation sites excluding steroid dienone is 2. The van der Waals surface area contributed by atoms with E-state index < -0.39 is 10.0 Å². The zero-order valence-corrected chi connectivity index (χ0v) is 12.6. The van der Waals surface area contributed by atoms with Crippen LogP contribution in [0.4, 0.5) is 0 Å². The van der Waals surface area contributed by atoms with Crippen molar-refractivity contribution in [3.05, 3.63) is 36.1 Å². The van der Waals surface area contributed by atoms with E-state index in [-0.39, 0.29) is 11.7 Å². The number of hydrogen-bond acceptors (Lipinski definition) is 5. The summed E-state index contributed by atoms with van der Waals surface area (Å²) in [6, 6.07) is 0. The maximum Gasteiger partial charge on any atom is 0.256 e. The van der Waals surface area contributed by atoms with E-state index in [1.165, 1.54) is 0 Å². The van der Waals surface area contributed by atoms with Gasteiger partial charge in [-0.2, -0.15) is 0 Å². The highest BCUT2D eigenvalue weighted by Gasteiger charge is 2.30. The summed E-state index contributed by atoms with van der Waals surface area (Å²) < 4.78 is 32.8. The zero-order valence-electron chi connectivity index (χ0n) is 11.8. The molecule has 3 heterocycles. The monoisotopic (exact) mass is 307 g/mol. The highest BCUT2D eigenvalue weighted by molar-refractivity contribution is 7.90. The maximum absolute atomic E-state index is 11.7. The SMILES string of the molecule is CCOC1=NCC(C2=CC=CN3CCS(=O)(=O)N=C23)C=C1. The molecule has 0 aromatic heterocycles. The van der Waals surface area contributed by atoms with Gasteiger partial charge in [0.1, 0.15) is 5.84 Å². The van der Waals surface area contributed by atoms with E-state index in [9.17, 15) is 8.42 Å². The molecule has 0 saturated carbocycles. The van der Waals surface area contributed by atoms with Crippen LogP contribution >= 0.6 is 0 Å². The summed E-state index contributed by atoms with van der Waals surface area (Å²) in [6.45, 7) is 3.48. The second-order valence-corrected chi connectivity index (χ2v) is 6.69. The van der Waals surface area contributed by atoms with Crippen LogP contribution in [0.1, 0.15) is 6.92 Å². The van der Waals surface area contributed by atoms with Crippen molar-refractivity contribution >= 4 is 21.8 Å². The van der Waals surface area contributed by atoms with Crippen LogP contribution < -0.4 is 0 Å². The van der Waals surface area contributed by atoms with Crippen molar-refractivity contribution in [3.8, 4) is 0 Å². The first-order valence-corrected chi connectivity index (χ1v) is 8.53. The first-order chi connectivity index (χ1) is 10.1. The molecule has 0 aliphatic carbocycles. The predicted octanol–water partition coefficient (Wildman–Crippen LogP) is 1.11. The van der Waals surface area contributed by atoms with Crippen LogP contribution in [0.15, 0.2) is 45.5 Å². The summed E-state index contributed by atoms with van der Waals surface area (Å²) in [5, 5.41) is 0. The van der Waals surface area contributed by atoms with E-state index in [0.29, 0.717) is 31.4 Å². The van der Waals surface area contributed by atoms with Gasteiger partial charge >= 0.3 is 0 Å². The smallest absolute Gasteiger partial charge is 0.256 e. The Kier molecular flexibility index (Phi) is 3.67. The summed E-state index contributed by atoms with van der Waals surface area (Å²) in [4.78, 5) is 6.25. The van der Waals surface area contributed by atoms with Crippen LogP contribution in [-0.4, -0.2) is 50.5 Å². The van der Waals surface area contributed by atoms with Crippen LogP contribution in [0, 0.1) is 5.92 Å². The van der Waals surface area contributed by atoms with E-state index in [0.717, 1.165) is 5.57 Å². The average molecular weight is 307 g/mol. The van der Waals surface area contributed by atoms with Crippen molar-refractivity contribution in [1.29, 1.82) is 0 Å². The molecule has 3 aliphatic heterocycles. The number of ether oxygens (including phenoxy) is 1. The van der Waals surface area contributed by atoms with Gasteiger partial charge in [-0.3, -0.25) is 4.99 Å². The van der Waals surface area contributed by atoms with Gasteiger partial charge in [0, 0.05) is 24.2 Å². The van der Waals surface area contributed by atoms with Crippen LogP contribution in [0.3, 0.4) is 0 Å². The Hall–Kier alpha value is -1.89. The molecular formula is C14H17N3O3S. The Labute approximate surface area is 124 Å². The molecule has 0 spiro atoms. The first kappa shape index (κ1) is 14.1. The molecule has 6 nitrogen and oxygen atoms in total. The second kappa shape index (κ2) is 5.48. The van der Waals surface area contributed by atoms with Crippen molar-refractivity contribution in [2.24, 2.45) is 15.3 Å². The van der Waals surface area contributed by atoms with Crippen LogP contribution in [0.25, 0.3) is 0 Å². The van der Waals surface area contributed by atoms with Gasteiger partial charge in [-0.25, -0.2) is 8.42 Å². The molecule has 1 unspecified atom stereocenters. The zero-order chi connectivity index (χ0) is 14.9. The standard InChI is InChI=1S/C14H17N3O3S/c1-2-20-13-6-5-11(10-15-13)12-4-3-7-17-8-9-21(18,19)16-14(12)17/h3-7,11H,2,8-10H2,1H3. The fourth-order valence-corrected chi connectivity index (χ4v) is 3.46. The number of rotatable bonds is 2. The molecule has 7 heteroatoms. The van der Waals surface area contributed by atoms with Crippen LogP contribution in [0.5, 0.6) is 0 Å². The quantitative estimate of drug-likeness (QED) is 0.766. The third-order valence-corrected chi connectivity index (χ3v) is 4.64. The number of amidine groups is 1. The normalized spacial score (nSPS) is 26.6. The number of aliphatic imine (C=N–C) groups is 1. The second-order valence-electron chi connectivity index (χ2n) is 4.94. The fourth-order valence-electron chi connectivity index (χ4n) is 2.47. The van der Waals surface area contributed by atoms with Gasteiger partial charge in [-0.15, -0.1) is 4.40 Å². The van der Waals surface area contributed by atoms with Crippen molar-refractivity contribution < 1.29 is 13.2 Å². The molecule has 0 aromatic carbocycles. The molecule has 3 aliphatic rings. The van der Waals surface area contributed by atoms with Gasteiger partial charge in [0.05, 0.1) is 18.9 Å². The fraction of sp³-hybridized carbons (Fsp3) is 0.429.